The largest absolute Gasteiger partial charge is 0.396 e. The third kappa shape index (κ3) is 4.56. The molecule has 0 atom stereocenters. The molecule has 2 aliphatic rings. The lowest BCUT2D eigenvalue weighted by molar-refractivity contribution is -0.0799. The van der Waals surface area contributed by atoms with Gasteiger partial charge in [-0.15, -0.1) is 0 Å². The average Bonchev–Trinajstić information content (AvgIpc) is 3.24. The molecule has 1 fully saturated rings. The van der Waals surface area contributed by atoms with E-state index in [0.29, 0.717) is 30.2 Å². The van der Waals surface area contributed by atoms with Crippen LogP contribution < -0.4 is 5.56 Å². The fourth-order valence-electron chi connectivity index (χ4n) is 4.96. The van der Waals surface area contributed by atoms with Crippen molar-refractivity contribution in [1.29, 1.82) is 0 Å². The Bertz CT molecular complexity index is 1350. The predicted molar refractivity (Wildman–Crippen MR) is 131 cm³/mol. The van der Waals surface area contributed by atoms with Crippen LogP contribution in [0, 0.1) is 11.6 Å². The third-order valence-electron chi connectivity index (χ3n) is 6.97. The number of rotatable bonds is 6. The summed E-state index contributed by atoms with van der Waals surface area (Å²) in [5, 5.41) is 4.09. The van der Waals surface area contributed by atoms with E-state index >= 15 is 0 Å². The number of hydrogen-bond acceptors (Lipinski definition) is 6. The van der Waals surface area contributed by atoms with Gasteiger partial charge in [-0.25, -0.2) is 8.78 Å². The fraction of sp³-hybridized carbons (Fsp3) is 0.370. The molecule has 0 saturated carbocycles. The Kier molecular flexibility index (Phi) is 6.68. The van der Waals surface area contributed by atoms with E-state index in [1.165, 1.54) is 6.07 Å². The topological polar surface area (TPSA) is 69.0 Å². The lowest BCUT2D eigenvalue weighted by Crippen LogP contribution is -2.42. The van der Waals surface area contributed by atoms with Crippen LogP contribution in [0.5, 0.6) is 0 Å². The molecule has 1 spiro atoms. The van der Waals surface area contributed by atoms with Crippen molar-refractivity contribution >= 4 is 5.71 Å². The van der Waals surface area contributed by atoms with Crippen molar-refractivity contribution in [2.45, 2.75) is 38.5 Å². The Morgan fingerprint density at radius 1 is 1.17 bits per heavy atom. The van der Waals surface area contributed by atoms with Crippen molar-refractivity contribution in [3.05, 3.63) is 98.7 Å². The Hall–Kier alpha value is -3.43. The molecule has 0 N–H and O–H groups in total. The molecule has 9 heteroatoms. The summed E-state index contributed by atoms with van der Waals surface area (Å²) in [6.07, 6.45) is 5.23. The summed E-state index contributed by atoms with van der Waals surface area (Å²) in [4.78, 5) is 24.5. The summed E-state index contributed by atoms with van der Waals surface area (Å²) in [7, 11) is 1.76. The van der Waals surface area contributed by atoms with Crippen LogP contribution >= 0.6 is 0 Å². The second-order valence-electron chi connectivity index (χ2n) is 9.22. The highest BCUT2D eigenvalue weighted by Crippen LogP contribution is 2.43. The zero-order valence-corrected chi connectivity index (χ0v) is 20.3. The summed E-state index contributed by atoms with van der Waals surface area (Å²) < 4.78 is 35.0. The van der Waals surface area contributed by atoms with E-state index in [9.17, 15) is 13.6 Å². The highest BCUT2D eigenvalue weighted by Gasteiger charge is 2.43. The lowest BCUT2D eigenvalue weighted by Gasteiger charge is -2.39. The molecule has 0 amide bonds. The van der Waals surface area contributed by atoms with Gasteiger partial charge in [0.25, 0.3) is 5.56 Å². The van der Waals surface area contributed by atoms with Crippen molar-refractivity contribution in [3.63, 3.8) is 0 Å². The lowest BCUT2D eigenvalue weighted by atomic mass is 9.84. The van der Waals surface area contributed by atoms with Gasteiger partial charge in [0.15, 0.2) is 11.6 Å². The maximum Gasteiger partial charge on any atom is 0.256 e. The summed E-state index contributed by atoms with van der Waals surface area (Å²) in [6, 6.07) is 9.40. The van der Waals surface area contributed by atoms with Crippen LogP contribution in [0.4, 0.5) is 8.78 Å². The normalized spacial score (nSPS) is 17.4. The average molecular weight is 495 g/mol. The van der Waals surface area contributed by atoms with Crippen LogP contribution in [0.1, 0.15) is 47.7 Å². The van der Waals surface area contributed by atoms with Crippen LogP contribution in [-0.2, 0) is 35.4 Å². The van der Waals surface area contributed by atoms with Crippen LogP contribution in [-0.4, -0.2) is 39.9 Å². The highest BCUT2D eigenvalue weighted by atomic mass is 19.2. The Labute approximate surface area is 208 Å². The number of pyridine rings is 2. The van der Waals surface area contributed by atoms with Gasteiger partial charge in [-0.1, -0.05) is 11.2 Å². The van der Waals surface area contributed by atoms with E-state index in [1.54, 1.807) is 24.7 Å². The van der Waals surface area contributed by atoms with Gasteiger partial charge in [-0.05, 0) is 61.2 Å². The van der Waals surface area contributed by atoms with Gasteiger partial charge in [-0.2, -0.15) is 0 Å². The molecule has 36 heavy (non-hydrogen) atoms. The van der Waals surface area contributed by atoms with Crippen LogP contribution in [0.2, 0.25) is 0 Å². The summed E-state index contributed by atoms with van der Waals surface area (Å²) >= 11 is 0. The molecule has 3 aromatic rings. The first-order valence-electron chi connectivity index (χ1n) is 12.1. The fourth-order valence-corrected chi connectivity index (χ4v) is 4.96. The maximum atomic E-state index is 13.8. The molecule has 0 radical (unpaired) electrons. The first-order valence-corrected chi connectivity index (χ1v) is 12.1. The first-order chi connectivity index (χ1) is 17.4. The second-order valence-corrected chi connectivity index (χ2v) is 9.22. The van der Waals surface area contributed by atoms with Gasteiger partial charge >= 0.3 is 0 Å². The molecule has 4 heterocycles. The minimum absolute atomic E-state index is 0.0218. The number of fused-ring (bicyclic) bond motifs is 2. The summed E-state index contributed by atoms with van der Waals surface area (Å²) in [6.45, 7) is 4.89. The van der Waals surface area contributed by atoms with Crippen molar-refractivity contribution in [1.82, 2.24) is 14.5 Å². The molecule has 1 aromatic carbocycles. The molecule has 2 aliphatic heterocycles. The third-order valence-corrected chi connectivity index (χ3v) is 6.97. The smallest absolute Gasteiger partial charge is 0.256 e. The van der Waals surface area contributed by atoms with E-state index in [-0.39, 0.29) is 11.2 Å². The Morgan fingerprint density at radius 3 is 2.67 bits per heavy atom. The van der Waals surface area contributed by atoms with Gasteiger partial charge in [0, 0.05) is 50.2 Å². The molecular weight excluding hydrogens is 466 g/mol. The van der Waals surface area contributed by atoms with E-state index in [0.717, 1.165) is 61.3 Å². The summed E-state index contributed by atoms with van der Waals surface area (Å²) in [5.74, 6) is -1.87. The molecule has 0 bridgehead atoms. The first kappa shape index (κ1) is 24.3. The van der Waals surface area contributed by atoms with Gasteiger partial charge in [0.2, 0.25) is 0 Å². The Morgan fingerprint density at radius 2 is 1.97 bits per heavy atom. The second kappa shape index (κ2) is 9.91. The Balaban J connectivity index is 1.27. The maximum absolute atomic E-state index is 13.8. The number of benzene rings is 1. The number of piperidine rings is 1. The number of aryl methyl sites for hydroxylation is 1. The van der Waals surface area contributed by atoms with Gasteiger partial charge in [0.05, 0.1) is 17.9 Å². The number of hydrogen-bond donors (Lipinski definition) is 0. The number of ether oxygens (including phenoxy) is 1. The van der Waals surface area contributed by atoms with E-state index < -0.39 is 11.6 Å². The monoisotopic (exact) mass is 494 g/mol. The molecule has 1 saturated heterocycles. The van der Waals surface area contributed by atoms with E-state index in [4.69, 9.17) is 9.57 Å². The molecular formula is C27H28F2N4O3. The minimum atomic E-state index is -0.953. The number of nitrogens with zero attached hydrogens (tertiary/aromatic N) is 4. The van der Waals surface area contributed by atoms with E-state index in [2.05, 4.69) is 15.0 Å². The zero-order valence-electron chi connectivity index (χ0n) is 20.3. The summed E-state index contributed by atoms with van der Waals surface area (Å²) in [5.41, 5.74) is 3.71. The highest BCUT2D eigenvalue weighted by molar-refractivity contribution is 6.11. The number of halogens is 2. The van der Waals surface area contributed by atoms with Gasteiger partial charge < -0.3 is 14.1 Å². The van der Waals surface area contributed by atoms with Crippen LogP contribution in [0.3, 0.4) is 0 Å². The molecule has 188 valence electrons. The predicted octanol–water partition coefficient (Wildman–Crippen LogP) is 3.87. The van der Waals surface area contributed by atoms with Crippen molar-refractivity contribution in [2.24, 2.45) is 12.2 Å². The molecule has 7 nitrogen and oxygen atoms in total. The molecule has 0 aliphatic carbocycles. The zero-order chi connectivity index (χ0) is 25.3. The number of oxime groups is 1. The molecule has 5 rings (SSSR count). The van der Waals surface area contributed by atoms with Crippen molar-refractivity contribution in [2.75, 3.05) is 19.7 Å². The van der Waals surface area contributed by atoms with Crippen LogP contribution in [0.15, 0.2) is 58.7 Å². The number of aromatic nitrogens is 2. The minimum Gasteiger partial charge on any atom is -0.396 e. The molecule has 0 unspecified atom stereocenters. The van der Waals surface area contributed by atoms with Crippen molar-refractivity contribution < 1.29 is 18.4 Å². The number of likely N-dealkylation sites (tertiary alicyclic amines) is 1. The standard InChI is InChI=1S/C27H28F2N4O3/c1-3-36-31-25(19-5-6-22(28)23(29)14-19)24-7-4-18(15-30-24)16-33-12-9-27(10-13-33)21-8-11-32(2)26(34)20(21)17-35-27/h4-8,11,14-15H,3,9-10,12-13,16-17H2,1-2H3. The van der Waals surface area contributed by atoms with Gasteiger partial charge in [0.1, 0.15) is 12.3 Å². The van der Waals surface area contributed by atoms with E-state index in [1.807, 2.05) is 24.4 Å². The SMILES string of the molecule is CCON=C(c1ccc(F)c(F)c1)c1ccc(CN2CCC3(CC2)OCc2c3ccn(C)c2=O)cn1. The van der Waals surface area contributed by atoms with Crippen LogP contribution in [0.25, 0.3) is 0 Å². The molecule has 2 aromatic heterocycles. The quantitative estimate of drug-likeness (QED) is 0.385. The van der Waals surface area contributed by atoms with Crippen molar-refractivity contribution in [3.8, 4) is 0 Å². The van der Waals surface area contributed by atoms with Gasteiger partial charge in [-0.3, -0.25) is 14.7 Å².